The van der Waals surface area contributed by atoms with Crippen LogP contribution in [0.5, 0.6) is 5.88 Å². The first-order valence-electron chi connectivity index (χ1n) is 4.14. The molecule has 6 nitrogen and oxygen atoms in total. The van der Waals surface area contributed by atoms with Gasteiger partial charge >= 0.3 is 5.97 Å². The van der Waals surface area contributed by atoms with E-state index in [-0.39, 0.29) is 0 Å². The normalized spacial score (nSPS) is 9.93. The fourth-order valence-electron chi connectivity index (χ4n) is 1.00. The molecule has 1 rings (SSSR count). The molecule has 0 aliphatic carbocycles. The lowest BCUT2D eigenvalue weighted by atomic mass is 10.3. The van der Waals surface area contributed by atoms with Crippen LogP contribution in [0, 0.1) is 0 Å². The molecule has 0 aromatic carbocycles. The molecule has 1 aromatic rings. The van der Waals surface area contributed by atoms with Crippen LogP contribution in [-0.2, 0) is 11.8 Å². The first kappa shape index (κ1) is 10.5. The first-order valence-corrected chi connectivity index (χ1v) is 4.14. The molecule has 6 heteroatoms. The number of esters is 1. The molecule has 0 radical (unpaired) electrons. The third-order valence-corrected chi connectivity index (χ3v) is 1.65. The summed E-state index contributed by atoms with van der Waals surface area (Å²) in [5.74, 6) is -0.0904. The molecule has 0 aliphatic rings. The molecular formula is C8H13N3O3. The molecule has 0 saturated carbocycles. The van der Waals surface area contributed by atoms with Gasteiger partial charge < -0.3 is 15.2 Å². The number of methoxy groups -OCH3 is 1. The van der Waals surface area contributed by atoms with E-state index in [9.17, 15) is 4.79 Å². The van der Waals surface area contributed by atoms with Crippen molar-refractivity contribution in [3.05, 3.63) is 11.8 Å². The van der Waals surface area contributed by atoms with Crippen LogP contribution in [0.1, 0.15) is 10.4 Å². The van der Waals surface area contributed by atoms with Crippen molar-refractivity contribution < 1.29 is 14.3 Å². The van der Waals surface area contributed by atoms with Crippen LogP contribution in [0.3, 0.4) is 0 Å². The summed E-state index contributed by atoms with van der Waals surface area (Å²) in [4.78, 5) is 11.2. The van der Waals surface area contributed by atoms with Crippen molar-refractivity contribution in [3.8, 4) is 5.88 Å². The summed E-state index contributed by atoms with van der Waals surface area (Å²) in [5.41, 5.74) is 5.59. The van der Waals surface area contributed by atoms with Crippen molar-refractivity contribution in [2.75, 3.05) is 20.3 Å². The Morgan fingerprint density at radius 3 is 3.00 bits per heavy atom. The molecule has 0 unspecified atom stereocenters. The molecular weight excluding hydrogens is 186 g/mol. The van der Waals surface area contributed by atoms with E-state index in [0.717, 1.165) is 0 Å². The molecule has 14 heavy (non-hydrogen) atoms. The van der Waals surface area contributed by atoms with E-state index in [4.69, 9.17) is 10.5 Å². The molecule has 78 valence electrons. The van der Waals surface area contributed by atoms with Gasteiger partial charge in [-0.15, -0.1) is 0 Å². The zero-order valence-corrected chi connectivity index (χ0v) is 8.19. The van der Waals surface area contributed by atoms with Crippen LogP contribution in [0.2, 0.25) is 0 Å². The number of aryl methyl sites for hydroxylation is 1. The second kappa shape index (κ2) is 4.61. The quantitative estimate of drug-likeness (QED) is 0.664. The van der Waals surface area contributed by atoms with Crippen LogP contribution in [-0.4, -0.2) is 36.0 Å². The summed E-state index contributed by atoms with van der Waals surface area (Å²) in [5, 5.41) is 3.89. The van der Waals surface area contributed by atoms with E-state index in [1.807, 2.05) is 0 Å². The topological polar surface area (TPSA) is 79.4 Å². The van der Waals surface area contributed by atoms with Gasteiger partial charge in [0.1, 0.15) is 12.2 Å². The number of nitrogens with two attached hydrogens (primary N) is 1. The third-order valence-electron chi connectivity index (χ3n) is 1.65. The number of hydrogen-bond donors (Lipinski definition) is 1. The van der Waals surface area contributed by atoms with E-state index in [0.29, 0.717) is 24.6 Å². The Bertz CT molecular complexity index is 322. The first-order chi connectivity index (χ1) is 6.70. The Labute approximate surface area is 81.6 Å². The standard InChI is InChI=1S/C8H13N3O3/c1-11-7(14-4-3-9)6(5-10-11)8(12)13-2/h5H,3-4,9H2,1-2H3. The second-order valence-electron chi connectivity index (χ2n) is 2.62. The predicted octanol–water partition coefficient (Wildman–Crippen LogP) is -0.456. The maximum absolute atomic E-state index is 11.2. The summed E-state index contributed by atoms with van der Waals surface area (Å²) in [6.45, 7) is 0.718. The third kappa shape index (κ3) is 2.02. The smallest absolute Gasteiger partial charge is 0.345 e. The summed E-state index contributed by atoms with van der Waals surface area (Å²) in [6, 6.07) is 0. The lowest BCUT2D eigenvalue weighted by Gasteiger charge is -2.06. The molecule has 0 amide bonds. The van der Waals surface area contributed by atoms with Crippen molar-refractivity contribution in [3.63, 3.8) is 0 Å². The number of aromatic nitrogens is 2. The molecule has 0 spiro atoms. The zero-order valence-electron chi connectivity index (χ0n) is 8.19. The van der Waals surface area contributed by atoms with Crippen LogP contribution >= 0.6 is 0 Å². The van der Waals surface area contributed by atoms with E-state index >= 15 is 0 Å². The number of carbonyl (C=O) groups excluding carboxylic acids is 1. The second-order valence-corrected chi connectivity index (χ2v) is 2.62. The molecule has 1 heterocycles. The maximum Gasteiger partial charge on any atom is 0.345 e. The Balaban J connectivity index is 2.88. The van der Waals surface area contributed by atoms with Crippen molar-refractivity contribution in [1.82, 2.24) is 9.78 Å². The highest BCUT2D eigenvalue weighted by atomic mass is 16.5. The number of rotatable bonds is 4. The minimum atomic E-state index is -0.467. The Hall–Kier alpha value is -1.56. The van der Waals surface area contributed by atoms with Gasteiger partial charge in [-0.1, -0.05) is 0 Å². The minimum absolute atomic E-state index is 0.309. The van der Waals surface area contributed by atoms with Crippen molar-refractivity contribution in [2.24, 2.45) is 12.8 Å². The number of hydrogen-bond acceptors (Lipinski definition) is 5. The van der Waals surface area contributed by atoms with Crippen LogP contribution in [0.4, 0.5) is 0 Å². The number of ether oxygens (including phenoxy) is 2. The van der Waals surface area contributed by atoms with E-state index in [1.165, 1.54) is 18.0 Å². The Morgan fingerprint density at radius 1 is 1.71 bits per heavy atom. The molecule has 0 saturated heterocycles. The Kier molecular flexibility index (Phi) is 3.47. The summed E-state index contributed by atoms with van der Waals surface area (Å²) >= 11 is 0. The predicted molar refractivity (Wildman–Crippen MR) is 49.1 cm³/mol. The van der Waals surface area contributed by atoms with E-state index in [2.05, 4.69) is 9.84 Å². The molecule has 0 atom stereocenters. The average Bonchev–Trinajstić information content (AvgIpc) is 2.56. The van der Waals surface area contributed by atoms with Gasteiger partial charge in [0.15, 0.2) is 0 Å². The van der Waals surface area contributed by atoms with Gasteiger partial charge in [-0.3, -0.25) is 0 Å². The lowest BCUT2D eigenvalue weighted by Crippen LogP contribution is -2.14. The molecule has 0 fully saturated rings. The largest absolute Gasteiger partial charge is 0.476 e. The average molecular weight is 199 g/mol. The van der Waals surface area contributed by atoms with Crippen molar-refractivity contribution in [2.45, 2.75) is 0 Å². The zero-order chi connectivity index (χ0) is 10.6. The number of nitrogens with zero attached hydrogens (tertiary/aromatic N) is 2. The van der Waals surface area contributed by atoms with Gasteiger partial charge in [-0.2, -0.15) is 5.10 Å². The highest BCUT2D eigenvalue weighted by Gasteiger charge is 2.17. The monoisotopic (exact) mass is 199 g/mol. The molecule has 0 bridgehead atoms. The van der Waals surface area contributed by atoms with E-state index < -0.39 is 5.97 Å². The highest BCUT2D eigenvalue weighted by Crippen LogP contribution is 2.17. The number of carbonyl (C=O) groups is 1. The van der Waals surface area contributed by atoms with Crippen LogP contribution in [0.15, 0.2) is 6.20 Å². The van der Waals surface area contributed by atoms with Crippen LogP contribution < -0.4 is 10.5 Å². The lowest BCUT2D eigenvalue weighted by molar-refractivity contribution is 0.0595. The van der Waals surface area contributed by atoms with Gasteiger partial charge in [0.25, 0.3) is 0 Å². The molecule has 0 aliphatic heterocycles. The molecule has 1 aromatic heterocycles. The summed E-state index contributed by atoms with van der Waals surface area (Å²) in [6.07, 6.45) is 1.40. The van der Waals surface area contributed by atoms with Gasteiger partial charge in [0.2, 0.25) is 5.88 Å². The van der Waals surface area contributed by atoms with Crippen molar-refractivity contribution >= 4 is 5.97 Å². The maximum atomic E-state index is 11.2. The Morgan fingerprint density at radius 2 is 2.43 bits per heavy atom. The highest BCUT2D eigenvalue weighted by molar-refractivity contribution is 5.91. The minimum Gasteiger partial charge on any atom is -0.476 e. The van der Waals surface area contributed by atoms with E-state index in [1.54, 1.807) is 7.05 Å². The summed E-state index contributed by atoms with van der Waals surface area (Å²) < 4.78 is 11.3. The van der Waals surface area contributed by atoms with Gasteiger partial charge in [0.05, 0.1) is 13.3 Å². The van der Waals surface area contributed by atoms with Crippen LogP contribution in [0.25, 0.3) is 0 Å². The van der Waals surface area contributed by atoms with Gasteiger partial charge in [-0.25, -0.2) is 9.48 Å². The molecule has 2 N–H and O–H groups in total. The van der Waals surface area contributed by atoms with Gasteiger partial charge in [0, 0.05) is 13.6 Å². The fourth-order valence-corrected chi connectivity index (χ4v) is 1.00. The SMILES string of the molecule is COC(=O)c1cnn(C)c1OCCN. The summed E-state index contributed by atoms with van der Waals surface area (Å²) in [7, 11) is 2.99. The van der Waals surface area contributed by atoms with Crippen molar-refractivity contribution in [1.29, 1.82) is 0 Å². The van der Waals surface area contributed by atoms with Gasteiger partial charge in [-0.05, 0) is 0 Å². The fraction of sp³-hybridized carbons (Fsp3) is 0.500.